The third kappa shape index (κ3) is 4.35. The second-order valence-corrected chi connectivity index (χ2v) is 8.06. The number of nitrogens with zero attached hydrogens (tertiary/aromatic N) is 1. The van der Waals surface area contributed by atoms with Gasteiger partial charge in [-0.05, 0) is 17.6 Å². The number of aromatic nitrogens is 1. The number of rotatable bonds is 7. The number of H-pyrrole nitrogens is 1. The highest BCUT2D eigenvalue weighted by atomic mass is 16.2. The monoisotopic (exact) mass is 381 g/mol. The van der Waals surface area contributed by atoms with Crippen molar-refractivity contribution >= 4 is 28.8 Å². The van der Waals surface area contributed by atoms with E-state index in [9.17, 15) is 9.59 Å². The van der Waals surface area contributed by atoms with Crippen molar-refractivity contribution in [2.75, 3.05) is 7.05 Å². The van der Waals surface area contributed by atoms with Crippen molar-refractivity contribution in [1.29, 1.82) is 0 Å². The molecule has 0 aliphatic rings. The highest BCUT2D eigenvalue weighted by Crippen LogP contribution is 2.32. The normalized spacial score (nSPS) is 13.1. The van der Waals surface area contributed by atoms with E-state index in [1.807, 2.05) is 38.3 Å². The van der Waals surface area contributed by atoms with Gasteiger partial charge in [-0.15, -0.1) is 6.58 Å². The van der Waals surface area contributed by atoms with Gasteiger partial charge in [0.25, 0.3) is 0 Å². The number of likely N-dealkylation sites (N-methyl/N-ethyl adjacent to an activating group) is 1. The first-order valence-electron chi connectivity index (χ1n) is 9.54. The summed E-state index contributed by atoms with van der Waals surface area (Å²) < 4.78 is 0. The molecule has 2 N–H and O–H groups in total. The average molecular weight is 382 g/mol. The molecule has 0 saturated heterocycles. The summed E-state index contributed by atoms with van der Waals surface area (Å²) in [5, 5.41) is 3.90. The highest BCUT2D eigenvalue weighted by Gasteiger charge is 2.27. The molecule has 2 amide bonds. The Morgan fingerprint density at radius 2 is 1.96 bits per heavy atom. The molecule has 0 saturated carbocycles. The predicted molar refractivity (Wildman–Crippen MR) is 116 cm³/mol. The maximum absolute atomic E-state index is 12.6. The maximum Gasteiger partial charge on any atom is 0.246 e. The minimum Gasteiger partial charge on any atom is -0.360 e. The molecule has 5 heteroatoms. The van der Waals surface area contributed by atoms with Crippen LogP contribution in [0.4, 0.5) is 0 Å². The second-order valence-electron chi connectivity index (χ2n) is 8.06. The fourth-order valence-electron chi connectivity index (χ4n) is 3.38. The quantitative estimate of drug-likeness (QED) is 0.705. The van der Waals surface area contributed by atoms with Crippen LogP contribution in [0.15, 0.2) is 43.3 Å². The van der Waals surface area contributed by atoms with Crippen molar-refractivity contribution in [2.45, 2.75) is 46.1 Å². The fraction of sp³-hybridized carbons (Fsp3) is 0.391. The van der Waals surface area contributed by atoms with E-state index in [2.05, 4.69) is 42.9 Å². The van der Waals surface area contributed by atoms with E-state index >= 15 is 0 Å². The molecule has 0 fully saturated rings. The smallest absolute Gasteiger partial charge is 0.246 e. The molecule has 0 aliphatic heterocycles. The van der Waals surface area contributed by atoms with E-state index in [1.165, 1.54) is 17.4 Å². The van der Waals surface area contributed by atoms with Crippen LogP contribution in [-0.4, -0.2) is 34.8 Å². The van der Waals surface area contributed by atoms with Crippen LogP contribution in [0.5, 0.6) is 0 Å². The van der Waals surface area contributed by atoms with Gasteiger partial charge in [0.2, 0.25) is 11.8 Å². The first kappa shape index (κ1) is 21.5. The summed E-state index contributed by atoms with van der Waals surface area (Å²) in [6.45, 7) is 13.5. The molecule has 2 rings (SSSR count). The lowest BCUT2D eigenvalue weighted by Gasteiger charge is -2.28. The summed E-state index contributed by atoms with van der Waals surface area (Å²) in [4.78, 5) is 29.0. The summed E-state index contributed by atoms with van der Waals surface area (Å²) in [6.07, 6.45) is 7.37. The summed E-state index contributed by atoms with van der Waals surface area (Å²) in [5.74, 6) is -0.317. The molecule has 28 heavy (non-hydrogen) atoms. The zero-order valence-corrected chi connectivity index (χ0v) is 17.7. The maximum atomic E-state index is 12.6. The number of carbonyl (C=O) groups is 2. The number of hydrogen-bond donors (Lipinski definition) is 2. The van der Waals surface area contributed by atoms with Gasteiger partial charge >= 0.3 is 0 Å². The van der Waals surface area contributed by atoms with Crippen molar-refractivity contribution in [3.8, 4) is 0 Å². The molecule has 0 spiro atoms. The number of hydrogen-bond acceptors (Lipinski definition) is 2. The van der Waals surface area contributed by atoms with Crippen LogP contribution < -0.4 is 5.32 Å². The van der Waals surface area contributed by atoms with Gasteiger partial charge in [-0.25, -0.2) is 0 Å². The van der Waals surface area contributed by atoms with Crippen molar-refractivity contribution in [2.24, 2.45) is 5.92 Å². The van der Waals surface area contributed by atoms with Crippen LogP contribution in [0.3, 0.4) is 0 Å². The van der Waals surface area contributed by atoms with Gasteiger partial charge in [-0.2, -0.15) is 0 Å². The molecule has 150 valence electrons. The second kappa shape index (κ2) is 8.46. The first-order valence-corrected chi connectivity index (χ1v) is 9.54. The molecular weight excluding hydrogens is 350 g/mol. The van der Waals surface area contributed by atoms with Gasteiger partial charge in [-0.3, -0.25) is 9.59 Å². The number of para-hydroxylation sites is 1. The Labute approximate surface area is 167 Å². The van der Waals surface area contributed by atoms with Crippen LogP contribution in [0.1, 0.15) is 45.7 Å². The highest BCUT2D eigenvalue weighted by molar-refractivity contribution is 5.92. The van der Waals surface area contributed by atoms with Gasteiger partial charge in [-0.1, -0.05) is 52.0 Å². The largest absolute Gasteiger partial charge is 0.360 e. The number of aromatic amines is 1. The van der Waals surface area contributed by atoms with Crippen molar-refractivity contribution < 1.29 is 9.59 Å². The molecular formula is C23H31N3O2. The zero-order valence-electron chi connectivity index (χ0n) is 17.7. The number of carbonyl (C=O) groups excluding carboxylic acids is 2. The van der Waals surface area contributed by atoms with Gasteiger partial charge in [0, 0.05) is 42.7 Å². The van der Waals surface area contributed by atoms with Crippen molar-refractivity contribution in [3.05, 3.63) is 54.4 Å². The van der Waals surface area contributed by atoms with E-state index in [-0.39, 0.29) is 23.1 Å². The Hall–Kier alpha value is -2.82. The summed E-state index contributed by atoms with van der Waals surface area (Å²) in [6, 6.07) is 5.67. The van der Waals surface area contributed by atoms with E-state index in [4.69, 9.17) is 0 Å². The molecule has 1 unspecified atom stereocenters. The van der Waals surface area contributed by atoms with Gasteiger partial charge in [0.1, 0.15) is 6.04 Å². The number of benzene rings is 1. The lowest BCUT2D eigenvalue weighted by Crippen LogP contribution is -2.48. The van der Waals surface area contributed by atoms with Crippen LogP contribution >= 0.6 is 0 Å². The Morgan fingerprint density at radius 1 is 1.29 bits per heavy atom. The van der Waals surface area contributed by atoms with Crippen LogP contribution in [0.25, 0.3) is 17.0 Å². The molecule has 1 heterocycles. The lowest BCUT2D eigenvalue weighted by atomic mass is 9.83. The minimum absolute atomic E-state index is 0.0130. The number of nitrogens with one attached hydrogen (secondary N) is 2. The molecule has 1 aromatic heterocycles. The average Bonchev–Trinajstić information content (AvgIpc) is 3.04. The predicted octanol–water partition coefficient (Wildman–Crippen LogP) is 4.22. The third-order valence-electron chi connectivity index (χ3n) is 5.25. The lowest BCUT2D eigenvalue weighted by molar-refractivity contribution is -0.138. The molecule has 5 nitrogen and oxygen atoms in total. The van der Waals surface area contributed by atoms with Crippen LogP contribution in [0.2, 0.25) is 0 Å². The Balaban J connectivity index is 2.24. The molecule has 2 aromatic rings. The summed E-state index contributed by atoms with van der Waals surface area (Å²) in [7, 11) is 1.65. The van der Waals surface area contributed by atoms with Crippen molar-refractivity contribution in [1.82, 2.24) is 15.2 Å². The van der Waals surface area contributed by atoms with E-state index in [0.717, 1.165) is 16.5 Å². The van der Waals surface area contributed by atoms with Crippen molar-refractivity contribution in [3.63, 3.8) is 0 Å². The molecule has 0 radical (unpaired) electrons. The first-order chi connectivity index (χ1) is 13.1. The molecule has 1 aromatic carbocycles. The van der Waals surface area contributed by atoms with Gasteiger partial charge in [0.05, 0.1) is 5.52 Å². The number of allylic oxidation sites excluding steroid dienone is 1. The standard InChI is InChI=1S/C23H31N3O2/c1-8-23(5,6)19-11-9-10-18-17(14-25-20(18)19)12-13-24-22(28)21(15(2)3)26(7)16(4)27/h8-15,21,25H,1H2,2-7H3,(H,24,28)/b13-12-. The van der Waals surface area contributed by atoms with E-state index in [1.54, 1.807) is 13.2 Å². The third-order valence-corrected chi connectivity index (χ3v) is 5.25. The Morgan fingerprint density at radius 3 is 2.54 bits per heavy atom. The van der Waals surface area contributed by atoms with E-state index < -0.39 is 6.04 Å². The Kier molecular flexibility index (Phi) is 6.49. The fourth-order valence-corrected chi connectivity index (χ4v) is 3.38. The number of amides is 2. The summed E-state index contributed by atoms with van der Waals surface area (Å²) in [5.41, 5.74) is 3.07. The SMILES string of the molecule is C=CC(C)(C)c1cccc2c(/C=C\NC(=O)C(C(C)C)N(C)C(C)=O)c[nH]c12. The zero-order chi connectivity index (χ0) is 21.1. The molecule has 0 bridgehead atoms. The summed E-state index contributed by atoms with van der Waals surface area (Å²) >= 11 is 0. The molecule has 0 aliphatic carbocycles. The molecule has 1 atom stereocenters. The van der Waals surface area contributed by atoms with E-state index in [0.29, 0.717) is 0 Å². The number of fused-ring (bicyclic) bond motifs is 1. The Bertz CT molecular complexity index is 906. The van der Waals surface area contributed by atoms with Gasteiger partial charge < -0.3 is 15.2 Å². The van der Waals surface area contributed by atoms with Crippen LogP contribution in [0, 0.1) is 5.92 Å². The minimum atomic E-state index is -0.509. The van der Waals surface area contributed by atoms with Gasteiger partial charge in [0.15, 0.2) is 0 Å². The topological polar surface area (TPSA) is 65.2 Å². The van der Waals surface area contributed by atoms with Crippen LogP contribution in [-0.2, 0) is 15.0 Å².